The Labute approximate surface area is 155 Å². The zero-order valence-electron chi connectivity index (χ0n) is 15.7. The van der Waals surface area contributed by atoms with E-state index in [0.717, 1.165) is 42.6 Å². The summed E-state index contributed by atoms with van der Waals surface area (Å²) >= 11 is 0. The first-order valence-electron chi connectivity index (χ1n) is 9.15. The van der Waals surface area contributed by atoms with Crippen LogP contribution in [0.2, 0.25) is 0 Å². The lowest BCUT2D eigenvalue weighted by Gasteiger charge is -2.29. The van der Waals surface area contributed by atoms with Gasteiger partial charge in [0, 0.05) is 37.9 Å². The molecule has 2 aromatic rings. The lowest BCUT2D eigenvalue weighted by Crippen LogP contribution is -2.40. The Bertz CT molecular complexity index is 736. The molecular formula is C20H27N5O. The first-order valence-corrected chi connectivity index (χ1v) is 9.15. The standard InChI is InChI=1S/C20H27N5O/c1-14-4-6-15(7-5-14)19(26)22-16-8-10-17(11-9-16)23-20-21-13-12-18(24-20)25(2)3/h4-7,12-13,16-17H,8-11H2,1-3H3,(H,22,26)(H,21,23,24). The van der Waals surface area contributed by atoms with Gasteiger partial charge in [0.1, 0.15) is 5.82 Å². The summed E-state index contributed by atoms with van der Waals surface area (Å²) in [6.07, 6.45) is 5.69. The topological polar surface area (TPSA) is 70.2 Å². The lowest BCUT2D eigenvalue weighted by atomic mass is 9.91. The molecule has 0 saturated heterocycles. The predicted molar refractivity (Wildman–Crippen MR) is 105 cm³/mol. The summed E-state index contributed by atoms with van der Waals surface area (Å²) in [5, 5.41) is 6.58. The van der Waals surface area contributed by atoms with Crippen LogP contribution in [0, 0.1) is 6.92 Å². The van der Waals surface area contributed by atoms with Gasteiger partial charge < -0.3 is 15.5 Å². The van der Waals surface area contributed by atoms with E-state index in [1.807, 2.05) is 56.3 Å². The number of amides is 1. The van der Waals surface area contributed by atoms with Crippen molar-refractivity contribution in [1.82, 2.24) is 15.3 Å². The number of nitrogens with zero attached hydrogens (tertiary/aromatic N) is 3. The Morgan fingerprint density at radius 1 is 1.04 bits per heavy atom. The molecule has 1 amide bonds. The number of benzene rings is 1. The van der Waals surface area contributed by atoms with Crippen molar-refractivity contribution < 1.29 is 4.79 Å². The number of hydrogen-bond donors (Lipinski definition) is 2. The van der Waals surface area contributed by atoms with E-state index in [2.05, 4.69) is 20.6 Å². The molecule has 1 heterocycles. The van der Waals surface area contributed by atoms with Crippen LogP contribution in [0.5, 0.6) is 0 Å². The molecule has 1 fully saturated rings. The molecule has 2 N–H and O–H groups in total. The van der Waals surface area contributed by atoms with Crippen molar-refractivity contribution in [3.05, 3.63) is 47.7 Å². The van der Waals surface area contributed by atoms with Crippen LogP contribution in [0.3, 0.4) is 0 Å². The van der Waals surface area contributed by atoms with E-state index in [4.69, 9.17) is 0 Å². The van der Waals surface area contributed by atoms with Crippen molar-refractivity contribution in [3.63, 3.8) is 0 Å². The zero-order valence-corrected chi connectivity index (χ0v) is 15.7. The maximum Gasteiger partial charge on any atom is 0.251 e. The summed E-state index contributed by atoms with van der Waals surface area (Å²) in [5.41, 5.74) is 1.89. The quantitative estimate of drug-likeness (QED) is 0.865. The molecule has 26 heavy (non-hydrogen) atoms. The first-order chi connectivity index (χ1) is 12.5. The van der Waals surface area contributed by atoms with E-state index >= 15 is 0 Å². The normalized spacial score (nSPS) is 19.7. The first kappa shape index (κ1) is 18.2. The van der Waals surface area contributed by atoms with Gasteiger partial charge in [0.2, 0.25) is 5.95 Å². The molecule has 6 heteroatoms. The van der Waals surface area contributed by atoms with Gasteiger partial charge in [-0.1, -0.05) is 17.7 Å². The third-order valence-corrected chi connectivity index (χ3v) is 4.81. The van der Waals surface area contributed by atoms with Crippen molar-refractivity contribution in [1.29, 1.82) is 0 Å². The van der Waals surface area contributed by atoms with Crippen molar-refractivity contribution >= 4 is 17.7 Å². The summed E-state index contributed by atoms with van der Waals surface area (Å²) in [4.78, 5) is 23.1. The van der Waals surface area contributed by atoms with Gasteiger partial charge in [-0.15, -0.1) is 0 Å². The minimum absolute atomic E-state index is 0.0171. The van der Waals surface area contributed by atoms with Crippen molar-refractivity contribution in [2.75, 3.05) is 24.3 Å². The fourth-order valence-electron chi connectivity index (χ4n) is 3.21. The van der Waals surface area contributed by atoms with Gasteiger partial charge >= 0.3 is 0 Å². The van der Waals surface area contributed by atoms with Gasteiger partial charge in [-0.3, -0.25) is 4.79 Å². The fraction of sp³-hybridized carbons (Fsp3) is 0.450. The highest BCUT2D eigenvalue weighted by Crippen LogP contribution is 2.22. The number of rotatable bonds is 5. The molecule has 1 aliphatic rings. The second kappa shape index (κ2) is 8.17. The number of nitrogens with one attached hydrogen (secondary N) is 2. The number of anilines is 2. The molecule has 1 aromatic heterocycles. The van der Waals surface area contributed by atoms with Crippen molar-refractivity contribution in [3.8, 4) is 0 Å². The summed E-state index contributed by atoms with van der Waals surface area (Å²) in [6, 6.07) is 10.2. The monoisotopic (exact) mass is 353 g/mol. The molecule has 138 valence electrons. The molecule has 0 aliphatic heterocycles. The maximum atomic E-state index is 12.3. The fourth-order valence-corrected chi connectivity index (χ4v) is 3.21. The van der Waals surface area contributed by atoms with E-state index in [0.29, 0.717) is 12.0 Å². The van der Waals surface area contributed by atoms with Crippen LogP contribution >= 0.6 is 0 Å². The number of aromatic nitrogens is 2. The molecule has 0 atom stereocenters. The number of carbonyl (C=O) groups is 1. The van der Waals surface area contributed by atoms with E-state index in [9.17, 15) is 4.79 Å². The Morgan fingerprint density at radius 2 is 1.69 bits per heavy atom. The van der Waals surface area contributed by atoms with Gasteiger partial charge in [0.05, 0.1) is 0 Å². The molecule has 3 rings (SSSR count). The van der Waals surface area contributed by atoms with Crippen LogP contribution in [0.15, 0.2) is 36.5 Å². The third-order valence-electron chi connectivity index (χ3n) is 4.81. The molecule has 0 bridgehead atoms. The molecule has 0 spiro atoms. The molecule has 1 aromatic carbocycles. The highest BCUT2D eigenvalue weighted by Gasteiger charge is 2.23. The molecule has 0 unspecified atom stereocenters. The zero-order chi connectivity index (χ0) is 18.5. The van der Waals surface area contributed by atoms with E-state index < -0.39 is 0 Å². The van der Waals surface area contributed by atoms with E-state index in [-0.39, 0.29) is 11.9 Å². The lowest BCUT2D eigenvalue weighted by molar-refractivity contribution is 0.0926. The smallest absolute Gasteiger partial charge is 0.251 e. The van der Waals surface area contributed by atoms with Crippen LogP contribution in [0.1, 0.15) is 41.6 Å². The second-order valence-corrected chi connectivity index (χ2v) is 7.17. The van der Waals surface area contributed by atoms with Gasteiger partial charge in [-0.25, -0.2) is 4.98 Å². The van der Waals surface area contributed by atoms with Crippen LogP contribution in [0.4, 0.5) is 11.8 Å². The molecule has 0 radical (unpaired) electrons. The summed E-state index contributed by atoms with van der Waals surface area (Å²) < 4.78 is 0. The molecule has 6 nitrogen and oxygen atoms in total. The predicted octanol–water partition coefficient (Wildman–Crippen LogP) is 3.00. The average Bonchev–Trinajstić information content (AvgIpc) is 2.64. The van der Waals surface area contributed by atoms with Crippen molar-refractivity contribution in [2.24, 2.45) is 0 Å². The second-order valence-electron chi connectivity index (χ2n) is 7.17. The Morgan fingerprint density at radius 3 is 2.35 bits per heavy atom. The number of aryl methyl sites for hydroxylation is 1. The highest BCUT2D eigenvalue weighted by atomic mass is 16.1. The highest BCUT2D eigenvalue weighted by molar-refractivity contribution is 5.94. The van der Waals surface area contributed by atoms with Gasteiger partial charge in [0.25, 0.3) is 5.91 Å². The van der Waals surface area contributed by atoms with Gasteiger partial charge in [0.15, 0.2) is 0 Å². The Balaban J connectivity index is 1.49. The molecule has 1 saturated carbocycles. The van der Waals surface area contributed by atoms with Crippen LogP contribution in [-0.2, 0) is 0 Å². The van der Waals surface area contributed by atoms with Crippen LogP contribution in [0.25, 0.3) is 0 Å². The SMILES string of the molecule is Cc1ccc(C(=O)NC2CCC(Nc3nccc(N(C)C)n3)CC2)cc1. The molecular weight excluding hydrogens is 326 g/mol. The third kappa shape index (κ3) is 4.71. The average molecular weight is 353 g/mol. The largest absolute Gasteiger partial charge is 0.363 e. The summed E-state index contributed by atoms with van der Waals surface area (Å²) in [7, 11) is 3.93. The molecule has 1 aliphatic carbocycles. The van der Waals surface area contributed by atoms with Gasteiger partial charge in [-0.05, 0) is 50.8 Å². The Kier molecular flexibility index (Phi) is 5.71. The van der Waals surface area contributed by atoms with Crippen molar-refractivity contribution in [2.45, 2.75) is 44.7 Å². The van der Waals surface area contributed by atoms with Crippen LogP contribution in [-0.4, -0.2) is 42.1 Å². The maximum absolute atomic E-state index is 12.3. The minimum Gasteiger partial charge on any atom is -0.363 e. The minimum atomic E-state index is 0.0171. The number of carbonyl (C=O) groups excluding carboxylic acids is 1. The number of hydrogen-bond acceptors (Lipinski definition) is 5. The van der Waals surface area contributed by atoms with E-state index in [1.54, 1.807) is 6.20 Å². The summed E-state index contributed by atoms with van der Waals surface area (Å²) in [6.45, 7) is 2.02. The van der Waals surface area contributed by atoms with E-state index in [1.165, 1.54) is 0 Å². The van der Waals surface area contributed by atoms with Gasteiger partial charge in [-0.2, -0.15) is 4.98 Å². The Hall–Kier alpha value is -2.63. The van der Waals surface area contributed by atoms with Crippen LogP contribution < -0.4 is 15.5 Å². The summed E-state index contributed by atoms with van der Waals surface area (Å²) in [5.74, 6) is 1.58.